The Hall–Kier alpha value is -1.86. The van der Waals surface area contributed by atoms with Crippen LogP contribution in [0.25, 0.3) is 0 Å². The van der Waals surface area contributed by atoms with E-state index in [0.29, 0.717) is 12.8 Å². The average molecular weight is 242 g/mol. The molecule has 0 aromatic heterocycles. The molecule has 2 aliphatic rings. The van der Waals surface area contributed by atoms with Crippen LogP contribution in [0.1, 0.15) is 31.2 Å². The van der Waals surface area contributed by atoms with Crippen molar-refractivity contribution in [3.63, 3.8) is 0 Å². The average Bonchev–Trinajstić information content (AvgIpc) is 2.70. The summed E-state index contributed by atoms with van der Waals surface area (Å²) >= 11 is 0. The van der Waals surface area contributed by atoms with Crippen LogP contribution >= 0.6 is 0 Å². The van der Waals surface area contributed by atoms with Crippen molar-refractivity contribution < 1.29 is 9.90 Å². The lowest BCUT2D eigenvalue weighted by molar-refractivity contribution is -0.125. The zero-order valence-electron chi connectivity index (χ0n) is 10.1. The van der Waals surface area contributed by atoms with Crippen LogP contribution in [0.3, 0.4) is 0 Å². The fourth-order valence-corrected chi connectivity index (χ4v) is 3.13. The number of aliphatic hydroxyl groups is 1. The van der Waals surface area contributed by atoms with Crippen LogP contribution < -0.4 is 4.90 Å². The molecular weight excluding hydrogens is 228 g/mol. The van der Waals surface area contributed by atoms with Gasteiger partial charge in [-0.05, 0) is 25.0 Å². The van der Waals surface area contributed by atoms with E-state index in [1.807, 2.05) is 24.3 Å². The Morgan fingerprint density at radius 2 is 2.22 bits per heavy atom. The molecule has 3 rings (SSSR count). The highest BCUT2D eigenvalue weighted by atomic mass is 16.3. The number of carbonyl (C=O) groups is 1. The topological polar surface area (TPSA) is 64.3 Å². The first-order valence-electron chi connectivity index (χ1n) is 6.09. The quantitative estimate of drug-likeness (QED) is 0.750. The predicted molar refractivity (Wildman–Crippen MR) is 65.9 cm³/mol. The summed E-state index contributed by atoms with van der Waals surface area (Å²) in [7, 11) is 0. The number of nitrogens with zero attached hydrogens (tertiary/aromatic N) is 2. The predicted octanol–water partition coefficient (Wildman–Crippen LogP) is 1.55. The van der Waals surface area contributed by atoms with Gasteiger partial charge < -0.3 is 10.0 Å². The number of fused-ring (bicyclic) bond motifs is 3. The molecule has 18 heavy (non-hydrogen) atoms. The van der Waals surface area contributed by atoms with E-state index in [-0.39, 0.29) is 5.91 Å². The number of carbonyl (C=O) groups excluding carboxylic acids is 1. The third-order valence-electron chi connectivity index (χ3n) is 4.02. The van der Waals surface area contributed by atoms with Crippen molar-refractivity contribution in [3.8, 4) is 6.07 Å². The molecule has 2 heterocycles. The lowest BCUT2D eigenvalue weighted by Crippen LogP contribution is -2.57. The molecule has 0 radical (unpaired) electrons. The van der Waals surface area contributed by atoms with Gasteiger partial charge in [0, 0.05) is 12.1 Å². The summed E-state index contributed by atoms with van der Waals surface area (Å²) in [6, 6.07) is 9.21. The van der Waals surface area contributed by atoms with Gasteiger partial charge in [0.25, 0.3) is 0 Å². The second-order valence-corrected chi connectivity index (χ2v) is 5.23. The number of benzene rings is 1. The Morgan fingerprint density at radius 3 is 2.94 bits per heavy atom. The summed E-state index contributed by atoms with van der Waals surface area (Å²) in [5.41, 5.74) is 0.618. The monoisotopic (exact) mass is 242 g/mol. The maximum absolute atomic E-state index is 12.1. The molecule has 1 saturated heterocycles. The van der Waals surface area contributed by atoms with Gasteiger partial charge in [-0.2, -0.15) is 5.26 Å². The fourth-order valence-electron chi connectivity index (χ4n) is 3.13. The summed E-state index contributed by atoms with van der Waals surface area (Å²) in [5.74, 6) is -0.447. The fraction of sp³-hybridized carbons (Fsp3) is 0.429. The van der Waals surface area contributed by atoms with Crippen LogP contribution in [0.2, 0.25) is 0 Å². The third-order valence-corrected chi connectivity index (χ3v) is 4.02. The maximum atomic E-state index is 12.1. The van der Waals surface area contributed by atoms with Crippen LogP contribution in [0, 0.1) is 11.3 Å². The van der Waals surface area contributed by atoms with E-state index in [2.05, 4.69) is 6.07 Å². The van der Waals surface area contributed by atoms with E-state index >= 15 is 0 Å². The summed E-state index contributed by atoms with van der Waals surface area (Å²) < 4.78 is 0. The van der Waals surface area contributed by atoms with E-state index < -0.39 is 17.6 Å². The third kappa shape index (κ3) is 1.31. The number of anilines is 1. The van der Waals surface area contributed by atoms with Crippen LogP contribution in [0.5, 0.6) is 0 Å². The molecule has 3 atom stereocenters. The number of hydrogen-bond acceptors (Lipinski definition) is 3. The zero-order valence-corrected chi connectivity index (χ0v) is 10.1. The van der Waals surface area contributed by atoms with Gasteiger partial charge in [0.1, 0.15) is 0 Å². The summed E-state index contributed by atoms with van der Waals surface area (Å²) in [5, 5.41) is 19.9. The first-order valence-corrected chi connectivity index (χ1v) is 6.09. The minimum atomic E-state index is -1.01. The highest BCUT2D eigenvalue weighted by Crippen LogP contribution is 2.48. The molecule has 0 spiro atoms. The lowest BCUT2D eigenvalue weighted by atomic mass is 9.80. The second-order valence-electron chi connectivity index (χ2n) is 5.23. The Labute approximate surface area is 105 Å². The molecule has 0 bridgehead atoms. The number of rotatable bonds is 0. The van der Waals surface area contributed by atoms with Gasteiger partial charge >= 0.3 is 0 Å². The lowest BCUT2D eigenvalue weighted by Gasteiger charge is -2.42. The van der Waals surface area contributed by atoms with Crippen molar-refractivity contribution in [1.29, 1.82) is 5.26 Å². The summed E-state index contributed by atoms with van der Waals surface area (Å²) in [4.78, 5) is 13.7. The zero-order chi connectivity index (χ0) is 12.9. The highest BCUT2D eigenvalue weighted by Gasteiger charge is 2.53. The van der Waals surface area contributed by atoms with Gasteiger partial charge in [-0.1, -0.05) is 18.2 Å². The number of nitriles is 1. The van der Waals surface area contributed by atoms with Crippen LogP contribution in [0.4, 0.5) is 5.69 Å². The minimum absolute atomic E-state index is 0.00303. The van der Waals surface area contributed by atoms with E-state index in [0.717, 1.165) is 11.3 Å². The van der Waals surface area contributed by atoms with Gasteiger partial charge in [-0.25, -0.2) is 0 Å². The molecule has 1 amide bonds. The molecule has 4 heteroatoms. The summed E-state index contributed by atoms with van der Waals surface area (Å²) in [6.07, 6.45) is 0.745. The first-order chi connectivity index (χ1) is 8.56. The molecule has 1 fully saturated rings. The van der Waals surface area contributed by atoms with Crippen molar-refractivity contribution in [3.05, 3.63) is 29.8 Å². The Morgan fingerprint density at radius 1 is 1.50 bits per heavy atom. The molecule has 4 nitrogen and oxygen atoms in total. The van der Waals surface area contributed by atoms with Crippen molar-refractivity contribution in [1.82, 2.24) is 0 Å². The minimum Gasteiger partial charge on any atom is -0.388 e. The molecule has 0 saturated carbocycles. The normalized spacial score (nSPS) is 33.8. The van der Waals surface area contributed by atoms with Crippen LogP contribution in [-0.2, 0) is 4.79 Å². The second kappa shape index (κ2) is 3.56. The van der Waals surface area contributed by atoms with Crippen LogP contribution in [0.15, 0.2) is 24.3 Å². The van der Waals surface area contributed by atoms with Gasteiger partial charge in [0.05, 0.1) is 23.6 Å². The summed E-state index contributed by atoms with van der Waals surface area (Å²) in [6.45, 7) is 1.72. The van der Waals surface area contributed by atoms with E-state index in [1.165, 1.54) is 0 Å². The number of para-hydroxylation sites is 1. The Balaban J connectivity index is 2.20. The van der Waals surface area contributed by atoms with Crippen LogP contribution in [-0.4, -0.2) is 22.7 Å². The largest absolute Gasteiger partial charge is 0.388 e. The van der Waals surface area contributed by atoms with E-state index in [1.54, 1.807) is 11.8 Å². The molecule has 1 N–H and O–H groups in total. The molecular formula is C14H14N2O2. The molecule has 1 aromatic rings. The smallest absolute Gasteiger partial charge is 0.227 e. The molecule has 2 aliphatic heterocycles. The highest BCUT2D eigenvalue weighted by molar-refractivity contribution is 5.98. The molecule has 92 valence electrons. The first kappa shape index (κ1) is 11.2. The Kier molecular flexibility index (Phi) is 2.23. The Bertz CT molecular complexity index is 559. The van der Waals surface area contributed by atoms with Gasteiger partial charge in [-0.3, -0.25) is 4.79 Å². The van der Waals surface area contributed by atoms with E-state index in [9.17, 15) is 15.2 Å². The number of hydrogen-bond donors (Lipinski definition) is 1. The molecule has 1 aromatic carbocycles. The van der Waals surface area contributed by atoms with E-state index in [4.69, 9.17) is 0 Å². The maximum Gasteiger partial charge on any atom is 0.227 e. The van der Waals surface area contributed by atoms with Crippen molar-refractivity contribution >= 4 is 11.6 Å². The van der Waals surface area contributed by atoms with Crippen molar-refractivity contribution in [2.75, 3.05) is 4.90 Å². The standard InChI is InChI=1S/C14H14N2O2/c1-14(18)7-6-12(17)16-11-5-3-2-4-9(11)10(8-15)13(14)16/h2-5,10,13,18H,6-7H2,1H3/t10-,13+,14-/m0/s1. The number of piperidine rings is 1. The molecule has 0 unspecified atom stereocenters. The van der Waals surface area contributed by atoms with Gasteiger partial charge in [0.15, 0.2) is 0 Å². The van der Waals surface area contributed by atoms with Gasteiger partial charge in [-0.15, -0.1) is 0 Å². The van der Waals surface area contributed by atoms with Crippen molar-refractivity contribution in [2.45, 2.75) is 37.3 Å². The number of amides is 1. The SMILES string of the molecule is C[C@]1(O)CCC(=O)N2c3ccccc3[C@H](C#N)[C@@H]21. The van der Waals surface area contributed by atoms with Crippen molar-refractivity contribution in [2.24, 2.45) is 0 Å². The molecule has 0 aliphatic carbocycles. The van der Waals surface area contributed by atoms with Gasteiger partial charge in [0.2, 0.25) is 5.91 Å².